The Hall–Kier alpha value is -4.11. The number of hydrogen-bond acceptors (Lipinski definition) is 4. The normalized spacial score (nSPS) is 11.5. The number of alkyl halides is 3. The molecule has 0 fully saturated rings. The second kappa shape index (κ2) is 10.9. The van der Waals surface area contributed by atoms with E-state index in [9.17, 15) is 22.8 Å². The van der Waals surface area contributed by atoms with Crippen LogP contribution < -0.4 is 16.0 Å². The average Bonchev–Trinajstić information content (AvgIpc) is 2.84. The summed E-state index contributed by atoms with van der Waals surface area (Å²) in [7, 11) is 1.47. The molecule has 2 amide bonds. The maximum Gasteiger partial charge on any atom is 0.432 e. The summed E-state index contributed by atoms with van der Waals surface area (Å²) in [5, 5.41) is 15.6. The highest BCUT2D eigenvalue weighted by molar-refractivity contribution is 6.33. The van der Waals surface area contributed by atoms with Gasteiger partial charge in [0.05, 0.1) is 22.0 Å². The Labute approximate surface area is 204 Å². The molecule has 0 unspecified atom stereocenters. The van der Waals surface area contributed by atoms with E-state index in [1.54, 1.807) is 48.5 Å². The summed E-state index contributed by atoms with van der Waals surface area (Å²) in [6.45, 7) is 0. The molecule has 3 rings (SSSR count). The van der Waals surface area contributed by atoms with Gasteiger partial charge in [-0.2, -0.15) is 13.2 Å². The molecule has 0 atom stereocenters. The number of halogens is 4. The van der Waals surface area contributed by atoms with Crippen molar-refractivity contribution < 1.29 is 22.8 Å². The van der Waals surface area contributed by atoms with Crippen molar-refractivity contribution in [1.29, 1.82) is 5.41 Å². The topological polar surface area (TPSA) is 94.1 Å². The van der Waals surface area contributed by atoms with E-state index in [4.69, 9.17) is 17.0 Å². The van der Waals surface area contributed by atoms with Gasteiger partial charge in [-0.1, -0.05) is 48.0 Å². The van der Waals surface area contributed by atoms with E-state index in [2.05, 4.69) is 16.0 Å². The fourth-order valence-corrected chi connectivity index (χ4v) is 3.23. The number of para-hydroxylation sites is 2. The molecule has 0 aliphatic carbocycles. The SMILES string of the molecule is CNC(=O)c1ccccc1NC(=O)c1ccc(/C(=C/C(=N)C(F)(F)F)Nc2ccccc2Cl)cc1. The number of hydrogen-bond donors (Lipinski definition) is 4. The zero-order valence-corrected chi connectivity index (χ0v) is 19.1. The minimum Gasteiger partial charge on any atom is -0.355 e. The number of allylic oxidation sites excluding steroid dienone is 1. The van der Waals surface area contributed by atoms with Crippen molar-refractivity contribution in [3.8, 4) is 0 Å². The molecule has 3 aromatic rings. The van der Waals surface area contributed by atoms with Crippen molar-refractivity contribution in [2.45, 2.75) is 6.18 Å². The Morgan fingerprint density at radius 2 is 1.40 bits per heavy atom. The van der Waals surface area contributed by atoms with Gasteiger partial charge in [-0.25, -0.2) is 0 Å². The third-order valence-electron chi connectivity index (χ3n) is 4.84. The van der Waals surface area contributed by atoms with E-state index in [1.807, 2.05) is 0 Å². The van der Waals surface area contributed by atoms with Crippen LogP contribution in [0.5, 0.6) is 0 Å². The zero-order valence-electron chi connectivity index (χ0n) is 18.3. The summed E-state index contributed by atoms with van der Waals surface area (Å²) < 4.78 is 39.1. The lowest BCUT2D eigenvalue weighted by Gasteiger charge is -2.15. The summed E-state index contributed by atoms with van der Waals surface area (Å²) in [6, 6.07) is 18.7. The van der Waals surface area contributed by atoms with E-state index in [0.29, 0.717) is 23.0 Å². The predicted molar refractivity (Wildman–Crippen MR) is 131 cm³/mol. The lowest BCUT2D eigenvalue weighted by molar-refractivity contribution is -0.0583. The lowest BCUT2D eigenvalue weighted by atomic mass is 10.1. The standard InChI is InChI=1S/C25H20ClF3N4O2/c1-31-24(35)17-6-2-4-8-19(17)33-23(34)16-12-10-15(11-13-16)21(14-22(30)25(27,28)29)32-20-9-5-3-7-18(20)26/h2-14,30,32H,1H3,(H,31,35)(H,33,34)/b21-14-,30-22?. The first-order chi connectivity index (χ1) is 16.6. The van der Waals surface area contributed by atoms with Crippen LogP contribution in [-0.2, 0) is 0 Å². The Balaban J connectivity index is 1.89. The number of rotatable bonds is 7. The minimum absolute atomic E-state index is 0.0302. The average molecular weight is 501 g/mol. The third-order valence-corrected chi connectivity index (χ3v) is 5.17. The number of benzene rings is 3. The van der Waals surface area contributed by atoms with Crippen molar-refractivity contribution in [3.63, 3.8) is 0 Å². The van der Waals surface area contributed by atoms with Crippen LogP contribution >= 0.6 is 11.6 Å². The summed E-state index contributed by atoms with van der Waals surface area (Å²) in [4.78, 5) is 24.8. The Kier molecular flexibility index (Phi) is 7.93. The number of amides is 2. The summed E-state index contributed by atoms with van der Waals surface area (Å²) in [5.74, 6) is -0.885. The van der Waals surface area contributed by atoms with Crippen LogP contribution in [0.1, 0.15) is 26.3 Å². The van der Waals surface area contributed by atoms with E-state index < -0.39 is 17.8 Å². The van der Waals surface area contributed by atoms with Crippen molar-refractivity contribution in [1.82, 2.24) is 5.32 Å². The van der Waals surface area contributed by atoms with Crippen molar-refractivity contribution in [2.75, 3.05) is 17.7 Å². The van der Waals surface area contributed by atoms with Crippen LogP contribution in [-0.4, -0.2) is 30.8 Å². The Bertz CT molecular complexity index is 1290. The fourth-order valence-electron chi connectivity index (χ4n) is 3.05. The van der Waals surface area contributed by atoms with Gasteiger partial charge in [-0.05, 0) is 48.0 Å². The van der Waals surface area contributed by atoms with Crippen molar-refractivity contribution in [3.05, 3.63) is 101 Å². The van der Waals surface area contributed by atoms with Gasteiger partial charge in [0.15, 0.2) is 0 Å². The van der Waals surface area contributed by atoms with Crippen LogP contribution in [0.3, 0.4) is 0 Å². The Morgan fingerprint density at radius 1 is 0.829 bits per heavy atom. The molecule has 180 valence electrons. The second-order valence-corrected chi connectivity index (χ2v) is 7.64. The van der Waals surface area contributed by atoms with Gasteiger partial charge in [0, 0.05) is 18.3 Å². The van der Waals surface area contributed by atoms with Gasteiger partial charge < -0.3 is 16.0 Å². The van der Waals surface area contributed by atoms with E-state index in [-0.39, 0.29) is 27.8 Å². The third kappa shape index (κ3) is 6.48. The molecule has 0 aliphatic rings. The maximum absolute atomic E-state index is 13.0. The quantitative estimate of drug-likeness (QED) is 0.300. The molecule has 4 N–H and O–H groups in total. The summed E-state index contributed by atoms with van der Waals surface area (Å²) in [5.41, 5.74) is -0.148. The molecule has 0 aliphatic heterocycles. The van der Waals surface area contributed by atoms with Gasteiger partial charge in [0.1, 0.15) is 5.71 Å². The highest BCUT2D eigenvalue weighted by Crippen LogP contribution is 2.28. The number of carbonyl (C=O) groups excluding carboxylic acids is 2. The highest BCUT2D eigenvalue weighted by atomic mass is 35.5. The molecule has 3 aromatic carbocycles. The number of carbonyl (C=O) groups is 2. The van der Waals surface area contributed by atoms with Crippen molar-refractivity contribution in [2.24, 2.45) is 0 Å². The van der Waals surface area contributed by atoms with Crippen LogP contribution in [0.15, 0.2) is 78.9 Å². The van der Waals surface area contributed by atoms with E-state index in [1.165, 1.54) is 31.3 Å². The molecular weight excluding hydrogens is 481 g/mol. The van der Waals surface area contributed by atoms with Gasteiger partial charge in [-0.15, -0.1) is 0 Å². The molecule has 0 heterocycles. The minimum atomic E-state index is -4.84. The first kappa shape index (κ1) is 25.5. The summed E-state index contributed by atoms with van der Waals surface area (Å²) >= 11 is 6.12. The van der Waals surface area contributed by atoms with Crippen LogP contribution in [0.4, 0.5) is 24.5 Å². The Morgan fingerprint density at radius 3 is 2.00 bits per heavy atom. The maximum atomic E-state index is 13.0. The van der Waals surface area contributed by atoms with E-state index in [0.717, 1.165) is 0 Å². The fraction of sp³-hybridized carbons (Fsp3) is 0.0800. The largest absolute Gasteiger partial charge is 0.432 e. The summed E-state index contributed by atoms with van der Waals surface area (Å²) in [6.07, 6.45) is -4.19. The molecule has 0 aromatic heterocycles. The van der Waals surface area contributed by atoms with Gasteiger partial charge in [0.2, 0.25) is 0 Å². The molecule has 35 heavy (non-hydrogen) atoms. The molecule has 0 radical (unpaired) electrons. The monoisotopic (exact) mass is 500 g/mol. The molecular formula is C25H20ClF3N4O2. The molecule has 0 saturated heterocycles. The first-order valence-electron chi connectivity index (χ1n) is 10.2. The smallest absolute Gasteiger partial charge is 0.355 e. The van der Waals surface area contributed by atoms with Crippen LogP contribution in [0.2, 0.25) is 5.02 Å². The molecule has 10 heteroatoms. The van der Waals surface area contributed by atoms with Crippen LogP contribution in [0.25, 0.3) is 5.70 Å². The predicted octanol–water partition coefficient (Wildman–Crippen LogP) is 5.99. The van der Waals surface area contributed by atoms with Gasteiger partial charge in [0.25, 0.3) is 11.8 Å². The molecule has 6 nitrogen and oxygen atoms in total. The number of anilines is 2. The lowest BCUT2D eigenvalue weighted by Crippen LogP contribution is -2.21. The molecule has 0 spiro atoms. The van der Waals surface area contributed by atoms with Gasteiger partial charge >= 0.3 is 6.18 Å². The van der Waals surface area contributed by atoms with Gasteiger partial charge in [-0.3, -0.25) is 15.0 Å². The molecule has 0 bridgehead atoms. The van der Waals surface area contributed by atoms with Crippen molar-refractivity contribution >= 4 is 46.2 Å². The zero-order chi connectivity index (χ0) is 25.6. The number of nitrogens with one attached hydrogen (secondary N) is 4. The highest BCUT2D eigenvalue weighted by Gasteiger charge is 2.33. The van der Waals surface area contributed by atoms with E-state index >= 15 is 0 Å². The molecule has 0 saturated carbocycles. The second-order valence-electron chi connectivity index (χ2n) is 7.23. The first-order valence-corrected chi connectivity index (χ1v) is 10.6. The van der Waals surface area contributed by atoms with Crippen LogP contribution in [0, 0.1) is 5.41 Å².